The molecule has 2 saturated heterocycles. The summed E-state index contributed by atoms with van der Waals surface area (Å²) in [5, 5.41) is 6.09. The number of hydrogen-bond acceptors (Lipinski definition) is 6. The monoisotopic (exact) mass is 597 g/mol. The lowest BCUT2D eigenvalue weighted by Gasteiger charge is -2.30. The normalized spacial score (nSPS) is 19.9. The van der Waals surface area contributed by atoms with Crippen molar-refractivity contribution in [2.75, 3.05) is 26.9 Å². The molecule has 0 saturated carbocycles. The standard InChI is InChI=1S/C30H36BrN3O5/c1-5-20(2)25(22-11-13-24(31)14-12-22)18-32-21(3)26-17-30(38-15-16-39-30)19-34(26)28(35)27(33-29(36)37-4)23-9-7-6-8-10-23/h6-14,18,20,26-27,32H,3,5,15-17,19H2,1-2,4H3,(H,33,36)/b25-18+. The van der Waals surface area contributed by atoms with Crippen LogP contribution in [-0.4, -0.2) is 55.6 Å². The Bertz CT molecular complexity index is 1190. The number of halogens is 1. The molecule has 2 heterocycles. The maximum absolute atomic E-state index is 14.1. The fourth-order valence-corrected chi connectivity index (χ4v) is 5.27. The highest BCUT2D eigenvalue weighted by Crippen LogP contribution is 2.38. The zero-order chi connectivity index (χ0) is 28.0. The van der Waals surface area contributed by atoms with Crippen molar-refractivity contribution in [1.29, 1.82) is 0 Å². The molecule has 8 nitrogen and oxygen atoms in total. The van der Waals surface area contributed by atoms with Crippen LogP contribution in [0.3, 0.4) is 0 Å². The van der Waals surface area contributed by atoms with Gasteiger partial charge in [-0.15, -0.1) is 0 Å². The molecule has 0 radical (unpaired) electrons. The van der Waals surface area contributed by atoms with E-state index in [9.17, 15) is 9.59 Å². The Morgan fingerprint density at radius 3 is 2.46 bits per heavy atom. The van der Waals surface area contributed by atoms with Crippen LogP contribution in [0.2, 0.25) is 0 Å². The van der Waals surface area contributed by atoms with Crippen LogP contribution in [0.15, 0.2) is 77.5 Å². The van der Waals surface area contributed by atoms with Crippen LogP contribution in [0.1, 0.15) is 43.9 Å². The van der Waals surface area contributed by atoms with Crippen molar-refractivity contribution in [2.45, 2.75) is 44.6 Å². The van der Waals surface area contributed by atoms with Gasteiger partial charge >= 0.3 is 6.09 Å². The molecule has 2 aliphatic heterocycles. The quantitative estimate of drug-likeness (QED) is 0.403. The number of rotatable bonds is 9. The second kappa shape index (κ2) is 12.8. The average Bonchev–Trinajstić information content (AvgIpc) is 3.59. The molecule has 3 unspecified atom stereocenters. The molecular weight excluding hydrogens is 562 g/mol. The van der Waals surface area contributed by atoms with Gasteiger partial charge in [0, 0.05) is 22.8 Å². The second-order valence-electron chi connectivity index (χ2n) is 9.86. The van der Waals surface area contributed by atoms with Crippen LogP contribution >= 0.6 is 15.9 Å². The summed E-state index contributed by atoms with van der Waals surface area (Å²) >= 11 is 3.51. The van der Waals surface area contributed by atoms with Crippen LogP contribution in [0.25, 0.3) is 5.57 Å². The number of nitrogens with zero attached hydrogens (tertiary/aromatic N) is 1. The number of carbonyl (C=O) groups is 2. The first-order chi connectivity index (χ1) is 18.8. The maximum atomic E-state index is 14.1. The zero-order valence-corrected chi connectivity index (χ0v) is 24.2. The van der Waals surface area contributed by atoms with Crippen LogP contribution < -0.4 is 10.6 Å². The maximum Gasteiger partial charge on any atom is 0.407 e. The van der Waals surface area contributed by atoms with E-state index in [0.717, 1.165) is 22.0 Å². The Morgan fingerprint density at radius 2 is 1.85 bits per heavy atom. The van der Waals surface area contributed by atoms with E-state index in [4.69, 9.17) is 14.2 Å². The summed E-state index contributed by atoms with van der Waals surface area (Å²) in [6.45, 7) is 9.79. The third-order valence-corrected chi connectivity index (χ3v) is 7.88. The first-order valence-electron chi connectivity index (χ1n) is 13.2. The van der Waals surface area contributed by atoms with E-state index in [2.05, 4.69) is 59.1 Å². The molecule has 0 aromatic heterocycles. The van der Waals surface area contributed by atoms with Gasteiger partial charge in [0.2, 0.25) is 0 Å². The lowest BCUT2D eigenvalue weighted by molar-refractivity contribution is -0.153. The van der Waals surface area contributed by atoms with Gasteiger partial charge in [0.05, 0.1) is 32.9 Å². The molecule has 4 rings (SSSR count). The van der Waals surface area contributed by atoms with Crippen molar-refractivity contribution in [3.63, 3.8) is 0 Å². The van der Waals surface area contributed by atoms with Gasteiger partial charge in [0.1, 0.15) is 6.04 Å². The number of likely N-dealkylation sites (tertiary alicyclic amines) is 1. The third kappa shape index (κ3) is 6.72. The summed E-state index contributed by atoms with van der Waals surface area (Å²) in [6.07, 6.45) is 2.68. The molecule has 2 aromatic rings. The molecule has 3 atom stereocenters. The second-order valence-corrected chi connectivity index (χ2v) is 10.8. The Labute approximate surface area is 238 Å². The van der Waals surface area contributed by atoms with Gasteiger partial charge in [-0.1, -0.05) is 78.8 Å². The summed E-state index contributed by atoms with van der Waals surface area (Å²) in [5.74, 6) is -0.909. The number of allylic oxidation sites excluding steroid dienone is 1. The van der Waals surface area contributed by atoms with E-state index < -0.39 is 24.0 Å². The minimum atomic E-state index is -0.945. The highest BCUT2D eigenvalue weighted by molar-refractivity contribution is 9.10. The Morgan fingerprint density at radius 1 is 1.18 bits per heavy atom. The van der Waals surface area contributed by atoms with E-state index in [-0.39, 0.29) is 12.5 Å². The Hall–Kier alpha value is -3.14. The van der Waals surface area contributed by atoms with Crippen LogP contribution in [0, 0.1) is 5.92 Å². The number of benzene rings is 2. The van der Waals surface area contributed by atoms with Crippen molar-refractivity contribution < 1.29 is 23.8 Å². The Kier molecular flexibility index (Phi) is 9.48. The van der Waals surface area contributed by atoms with Crippen LogP contribution in [0.4, 0.5) is 4.79 Å². The molecule has 208 valence electrons. The van der Waals surface area contributed by atoms with Crippen molar-refractivity contribution in [2.24, 2.45) is 5.92 Å². The molecular formula is C30H36BrN3O5. The largest absolute Gasteiger partial charge is 0.453 e. The summed E-state index contributed by atoms with van der Waals surface area (Å²) in [6, 6.07) is 15.9. The minimum Gasteiger partial charge on any atom is -0.453 e. The summed E-state index contributed by atoms with van der Waals surface area (Å²) in [7, 11) is 1.27. The molecule has 2 aromatic carbocycles. The van der Waals surface area contributed by atoms with Crippen LogP contribution in [0.5, 0.6) is 0 Å². The van der Waals surface area contributed by atoms with E-state index in [1.54, 1.807) is 17.0 Å². The van der Waals surface area contributed by atoms with Crippen molar-refractivity contribution in [1.82, 2.24) is 15.5 Å². The number of hydrogen-bond donors (Lipinski definition) is 2. The highest BCUT2D eigenvalue weighted by atomic mass is 79.9. The molecule has 2 amide bonds. The molecule has 2 fully saturated rings. The van der Waals surface area contributed by atoms with E-state index in [1.165, 1.54) is 7.11 Å². The molecule has 0 aliphatic carbocycles. The number of carbonyl (C=O) groups excluding carboxylic acids is 2. The predicted octanol–water partition coefficient (Wildman–Crippen LogP) is 5.38. The topological polar surface area (TPSA) is 89.1 Å². The van der Waals surface area contributed by atoms with Gasteiger partial charge < -0.3 is 29.7 Å². The average molecular weight is 599 g/mol. The van der Waals surface area contributed by atoms with Gasteiger partial charge in [-0.05, 0) is 41.2 Å². The lowest BCUT2D eigenvalue weighted by Crippen LogP contribution is -2.47. The van der Waals surface area contributed by atoms with Gasteiger partial charge in [-0.2, -0.15) is 0 Å². The summed E-state index contributed by atoms with van der Waals surface area (Å²) < 4.78 is 17.8. The van der Waals surface area contributed by atoms with Crippen molar-refractivity contribution in [3.8, 4) is 0 Å². The molecule has 1 spiro atoms. The zero-order valence-electron chi connectivity index (χ0n) is 22.6. The number of amides is 2. The van der Waals surface area contributed by atoms with Gasteiger partial charge in [-0.3, -0.25) is 4.79 Å². The lowest BCUT2D eigenvalue weighted by atomic mass is 9.92. The number of alkyl carbamates (subject to hydrolysis) is 1. The van der Waals surface area contributed by atoms with Crippen LogP contribution in [-0.2, 0) is 19.0 Å². The third-order valence-electron chi connectivity index (χ3n) is 7.35. The summed E-state index contributed by atoms with van der Waals surface area (Å²) in [4.78, 5) is 28.0. The first-order valence-corrected chi connectivity index (χ1v) is 14.0. The van der Waals surface area contributed by atoms with Crippen molar-refractivity contribution >= 4 is 33.5 Å². The SMILES string of the molecule is C=C(N/C=C(/c1ccc(Br)cc1)C(C)CC)C1CC2(CN1C(=O)C(NC(=O)OC)c1ccccc1)OCCO2. The summed E-state index contributed by atoms with van der Waals surface area (Å²) in [5.41, 5.74) is 3.54. The number of nitrogens with one attached hydrogen (secondary N) is 2. The molecule has 2 aliphatic rings. The molecule has 39 heavy (non-hydrogen) atoms. The minimum absolute atomic E-state index is 0.220. The number of methoxy groups -OCH3 is 1. The number of ether oxygens (including phenoxy) is 3. The molecule has 9 heteroatoms. The van der Waals surface area contributed by atoms with E-state index in [0.29, 0.717) is 36.8 Å². The van der Waals surface area contributed by atoms with Gasteiger partial charge in [0.25, 0.3) is 5.91 Å². The predicted molar refractivity (Wildman–Crippen MR) is 153 cm³/mol. The highest BCUT2D eigenvalue weighted by Gasteiger charge is 2.52. The van der Waals surface area contributed by atoms with Crippen molar-refractivity contribution in [3.05, 3.63) is 88.7 Å². The van der Waals surface area contributed by atoms with E-state index in [1.807, 2.05) is 36.5 Å². The fourth-order valence-electron chi connectivity index (χ4n) is 5.00. The first kappa shape index (κ1) is 28.9. The molecule has 2 N–H and O–H groups in total. The van der Waals surface area contributed by atoms with Gasteiger partial charge in [0.15, 0.2) is 5.79 Å². The van der Waals surface area contributed by atoms with E-state index >= 15 is 0 Å². The fraction of sp³-hybridized carbons (Fsp3) is 0.400. The Balaban J connectivity index is 1.63. The van der Waals surface area contributed by atoms with Gasteiger partial charge in [-0.25, -0.2) is 4.79 Å². The smallest absolute Gasteiger partial charge is 0.407 e. The molecule has 0 bridgehead atoms.